The topological polar surface area (TPSA) is 63.3 Å². The van der Waals surface area contributed by atoms with Gasteiger partial charge in [0.15, 0.2) is 11.5 Å². The normalized spacial score (nSPS) is 14.5. The quantitative estimate of drug-likeness (QED) is 0.780. The van der Waals surface area contributed by atoms with Crippen LogP contribution in [0.4, 0.5) is 0 Å². The van der Waals surface area contributed by atoms with E-state index in [0.29, 0.717) is 17.0 Å². The number of para-hydroxylation sites is 1. The fourth-order valence-electron chi connectivity index (χ4n) is 3.04. The molecule has 1 heterocycles. The van der Waals surface area contributed by atoms with E-state index in [0.717, 1.165) is 12.8 Å². The van der Waals surface area contributed by atoms with Gasteiger partial charge in [-0.2, -0.15) is 0 Å². The minimum atomic E-state index is -0.988. The van der Waals surface area contributed by atoms with E-state index in [4.69, 9.17) is 4.42 Å². The fraction of sp³-hybridized carbons (Fsp3) is 0.176. The summed E-state index contributed by atoms with van der Waals surface area (Å²) in [6.07, 6.45) is 1.79. The van der Waals surface area contributed by atoms with Crippen LogP contribution < -0.4 is 0 Å². The number of fused-ring (bicyclic) bond motifs is 2. The van der Waals surface area contributed by atoms with Gasteiger partial charge in [-0.3, -0.25) is 0 Å². The number of oxazole rings is 1. The van der Waals surface area contributed by atoms with Gasteiger partial charge >= 0.3 is 5.97 Å². The van der Waals surface area contributed by atoms with Crippen molar-refractivity contribution < 1.29 is 14.3 Å². The molecule has 2 aromatic carbocycles. The van der Waals surface area contributed by atoms with Crippen molar-refractivity contribution >= 4 is 17.1 Å². The van der Waals surface area contributed by atoms with Crippen molar-refractivity contribution in [3.63, 3.8) is 0 Å². The maximum Gasteiger partial charge on any atom is 0.339 e. The molecule has 0 unspecified atom stereocenters. The Morgan fingerprint density at radius 1 is 1.10 bits per heavy atom. The van der Waals surface area contributed by atoms with Crippen LogP contribution in [0.25, 0.3) is 11.1 Å². The van der Waals surface area contributed by atoms with Crippen LogP contribution in [0, 0.1) is 0 Å². The lowest BCUT2D eigenvalue weighted by Gasteiger charge is -2.01. The number of carboxylic acids is 1. The Morgan fingerprint density at radius 3 is 2.48 bits per heavy atom. The number of hydrogen-bond acceptors (Lipinski definition) is 3. The molecule has 104 valence electrons. The van der Waals surface area contributed by atoms with Crippen LogP contribution in [0.2, 0.25) is 0 Å². The van der Waals surface area contributed by atoms with Crippen molar-refractivity contribution in [1.29, 1.82) is 0 Å². The standard InChI is InChI=1S/C17H13NO3/c19-17(20)13-6-3-7-14-15(13)21-16(18-14)12-8-10-4-1-2-5-11(10)9-12/h1-7,12H,8-9H2,(H,19,20). The first-order valence-corrected chi connectivity index (χ1v) is 6.92. The van der Waals surface area contributed by atoms with E-state index in [-0.39, 0.29) is 11.5 Å². The third-order valence-corrected chi connectivity index (χ3v) is 4.06. The molecule has 1 aromatic heterocycles. The first kappa shape index (κ1) is 12.1. The van der Waals surface area contributed by atoms with E-state index < -0.39 is 5.97 Å². The van der Waals surface area contributed by atoms with E-state index in [1.807, 2.05) is 12.1 Å². The Balaban J connectivity index is 1.76. The Bertz CT molecular complexity index is 825. The van der Waals surface area contributed by atoms with Gasteiger partial charge < -0.3 is 9.52 Å². The molecule has 0 fully saturated rings. The highest BCUT2D eigenvalue weighted by Crippen LogP contribution is 2.35. The lowest BCUT2D eigenvalue weighted by atomic mass is 10.1. The van der Waals surface area contributed by atoms with Crippen molar-refractivity contribution in [3.8, 4) is 0 Å². The summed E-state index contributed by atoms with van der Waals surface area (Å²) in [5.74, 6) is -0.163. The van der Waals surface area contributed by atoms with Gasteiger partial charge in [0.2, 0.25) is 0 Å². The molecule has 0 amide bonds. The SMILES string of the molecule is O=C(O)c1cccc2nc(C3Cc4ccccc4C3)oc12. The van der Waals surface area contributed by atoms with Crippen LogP contribution in [-0.2, 0) is 12.8 Å². The van der Waals surface area contributed by atoms with Crippen molar-refractivity contribution in [3.05, 3.63) is 65.0 Å². The lowest BCUT2D eigenvalue weighted by molar-refractivity contribution is 0.0698. The average molecular weight is 279 g/mol. The molecule has 0 saturated heterocycles. The van der Waals surface area contributed by atoms with Gasteiger partial charge in [0, 0.05) is 5.92 Å². The molecule has 4 rings (SSSR count). The van der Waals surface area contributed by atoms with Crippen molar-refractivity contribution in [2.45, 2.75) is 18.8 Å². The third-order valence-electron chi connectivity index (χ3n) is 4.06. The second-order valence-electron chi connectivity index (χ2n) is 5.38. The zero-order chi connectivity index (χ0) is 14.4. The molecule has 0 atom stereocenters. The molecule has 1 N–H and O–H groups in total. The van der Waals surface area contributed by atoms with E-state index in [9.17, 15) is 9.90 Å². The van der Waals surface area contributed by atoms with Gasteiger partial charge in [-0.05, 0) is 36.1 Å². The summed E-state index contributed by atoms with van der Waals surface area (Å²) in [7, 11) is 0. The van der Waals surface area contributed by atoms with E-state index in [1.165, 1.54) is 11.1 Å². The summed E-state index contributed by atoms with van der Waals surface area (Å²) >= 11 is 0. The highest BCUT2D eigenvalue weighted by Gasteiger charge is 2.27. The highest BCUT2D eigenvalue weighted by molar-refractivity contribution is 5.99. The molecule has 21 heavy (non-hydrogen) atoms. The van der Waals surface area contributed by atoms with E-state index in [2.05, 4.69) is 17.1 Å². The molecule has 3 aromatic rings. The van der Waals surface area contributed by atoms with Gasteiger partial charge in [-0.15, -0.1) is 0 Å². The molecular weight excluding hydrogens is 266 g/mol. The summed E-state index contributed by atoms with van der Waals surface area (Å²) in [5, 5.41) is 9.21. The van der Waals surface area contributed by atoms with Gasteiger partial charge in [-0.1, -0.05) is 30.3 Å². The summed E-state index contributed by atoms with van der Waals surface area (Å²) in [4.78, 5) is 15.7. The molecule has 0 radical (unpaired) electrons. The third kappa shape index (κ3) is 1.91. The van der Waals surface area contributed by atoms with Crippen LogP contribution in [0.15, 0.2) is 46.9 Å². The van der Waals surface area contributed by atoms with Crippen LogP contribution in [0.3, 0.4) is 0 Å². The van der Waals surface area contributed by atoms with Crippen LogP contribution in [-0.4, -0.2) is 16.1 Å². The predicted octanol–water partition coefficient (Wildman–Crippen LogP) is 3.41. The minimum Gasteiger partial charge on any atom is -0.478 e. The van der Waals surface area contributed by atoms with Crippen molar-refractivity contribution in [1.82, 2.24) is 4.98 Å². The number of carbonyl (C=O) groups is 1. The second kappa shape index (κ2) is 4.45. The Hall–Kier alpha value is -2.62. The molecule has 4 heteroatoms. The summed E-state index contributed by atoms with van der Waals surface area (Å²) in [6.45, 7) is 0. The summed E-state index contributed by atoms with van der Waals surface area (Å²) in [6, 6.07) is 13.4. The first-order valence-electron chi connectivity index (χ1n) is 6.92. The van der Waals surface area contributed by atoms with Gasteiger partial charge in [-0.25, -0.2) is 9.78 Å². The fourth-order valence-corrected chi connectivity index (χ4v) is 3.04. The Kier molecular flexibility index (Phi) is 2.57. The smallest absolute Gasteiger partial charge is 0.339 e. The first-order chi connectivity index (χ1) is 10.2. The molecule has 1 aliphatic carbocycles. The number of nitrogens with zero attached hydrogens (tertiary/aromatic N) is 1. The van der Waals surface area contributed by atoms with Crippen molar-refractivity contribution in [2.24, 2.45) is 0 Å². The number of carboxylic acid groups (broad SMARTS) is 1. The Labute approximate surface area is 121 Å². The largest absolute Gasteiger partial charge is 0.478 e. The molecular formula is C17H13NO3. The summed E-state index contributed by atoms with van der Waals surface area (Å²) in [5.41, 5.74) is 3.80. The zero-order valence-electron chi connectivity index (χ0n) is 11.2. The van der Waals surface area contributed by atoms with Gasteiger partial charge in [0.05, 0.1) is 0 Å². The van der Waals surface area contributed by atoms with Crippen molar-refractivity contribution in [2.75, 3.05) is 0 Å². The van der Waals surface area contributed by atoms with Gasteiger partial charge in [0.25, 0.3) is 0 Å². The van der Waals surface area contributed by atoms with E-state index in [1.54, 1.807) is 18.2 Å². The Morgan fingerprint density at radius 2 is 1.81 bits per heavy atom. The van der Waals surface area contributed by atoms with Crippen LogP contribution in [0.1, 0.15) is 33.3 Å². The zero-order valence-corrected chi connectivity index (χ0v) is 11.2. The number of rotatable bonds is 2. The van der Waals surface area contributed by atoms with Crippen LogP contribution >= 0.6 is 0 Å². The minimum absolute atomic E-state index is 0.168. The molecule has 4 nitrogen and oxygen atoms in total. The maximum atomic E-state index is 11.2. The second-order valence-corrected chi connectivity index (χ2v) is 5.38. The van der Waals surface area contributed by atoms with Crippen LogP contribution in [0.5, 0.6) is 0 Å². The number of aromatic nitrogens is 1. The number of benzene rings is 2. The number of aromatic carboxylic acids is 1. The number of hydrogen-bond donors (Lipinski definition) is 1. The van der Waals surface area contributed by atoms with E-state index >= 15 is 0 Å². The predicted molar refractivity (Wildman–Crippen MR) is 77.6 cm³/mol. The lowest BCUT2D eigenvalue weighted by Crippen LogP contribution is -1.97. The molecule has 0 aliphatic heterocycles. The molecule has 1 aliphatic rings. The monoisotopic (exact) mass is 279 g/mol. The maximum absolute atomic E-state index is 11.2. The highest BCUT2D eigenvalue weighted by atomic mass is 16.4. The molecule has 0 bridgehead atoms. The molecule has 0 saturated carbocycles. The summed E-state index contributed by atoms with van der Waals surface area (Å²) < 4.78 is 5.78. The molecule has 0 spiro atoms. The van der Waals surface area contributed by atoms with Gasteiger partial charge in [0.1, 0.15) is 11.1 Å². The average Bonchev–Trinajstić information content (AvgIpc) is 3.09.